The van der Waals surface area contributed by atoms with Gasteiger partial charge in [0.05, 0.1) is 13.2 Å². The van der Waals surface area contributed by atoms with Crippen molar-refractivity contribution in [1.82, 2.24) is 5.32 Å². The molecule has 0 saturated heterocycles. The van der Waals surface area contributed by atoms with Gasteiger partial charge in [0, 0.05) is 11.6 Å². The minimum atomic E-state index is -0.961. The molecule has 1 aromatic carbocycles. The number of nitrogens with one attached hydrogen (secondary N) is 1. The predicted molar refractivity (Wildman–Crippen MR) is 66.3 cm³/mol. The number of aryl methyl sites for hydroxylation is 1. The third-order valence-electron chi connectivity index (χ3n) is 2.46. The summed E-state index contributed by atoms with van der Waals surface area (Å²) < 4.78 is 5.27. The highest BCUT2D eigenvalue weighted by Crippen LogP contribution is 2.26. The van der Waals surface area contributed by atoms with Crippen LogP contribution in [0.4, 0.5) is 0 Å². The van der Waals surface area contributed by atoms with E-state index in [1.807, 2.05) is 25.1 Å². The smallest absolute Gasteiger partial charge is 0.328 e. The highest BCUT2D eigenvalue weighted by molar-refractivity contribution is 5.79. The Kier molecular flexibility index (Phi) is 4.72. The molecule has 0 aliphatic carbocycles. The van der Waals surface area contributed by atoms with Crippen LogP contribution < -0.4 is 10.1 Å². The molecule has 4 nitrogen and oxygen atoms in total. The average molecular weight is 235 g/mol. The van der Waals surface area contributed by atoms with Crippen LogP contribution in [0, 0.1) is 6.92 Å². The van der Waals surface area contributed by atoms with Crippen LogP contribution in [0.15, 0.2) is 30.4 Å². The van der Waals surface area contributed by atoms with Crippen molar-refractivity contribution in [3.05, 3.63) is 41.5 Å². The van der Waals surface area contributed by atoms with E-state index in [4.69, 9.17) is 9.84 Å². The van der Waals surface area contributed by atoms with Crippen LogP contribution in [0.1, 0.15) is 17.2 Å². The van der Waals surface area contributed by atoms with E-state index in [-0.39, 0.29) is 6.04 Å². The molecule has 0 aliphatic heterocycles. The Hall–Kier alpha value is -1.81. The SMILES string of the molecule is CNC(/C=C/C(=O)O)c1cc(C)ccc1OC. The fourth-order valence-corrected chi connectivity index (χ4v) is 1.63. The first-order valence-electron chi connectivity index (χ1n) is 5.31. The molecule has 0 aliphatic rings. The fraction of sp³-hybridized carbons (Fsp3) is 0.308. The van der Waals surface area contributed by atoms with Crippen LogP contribution in [-0.4, -0.2) is 25.2 Å². The minimum absolute atomic E-state index is 0.180. The van der Waals surface area contributed by atoms with Crippen LogP contribution in [0.3, 0.4) is 0 Å². The summed E-state index contributed by atoms with van der Waals surface area (Å²) in [6.07, 6.45) is 2.72. The van der Waals surface area contributed by atoms with Crippen molar-refractivity contribution >= 4 is 5.97 Å². The Morgan fingerprint density at radius 2 is 2.24 bits per heavy atom. The van der Waals surface area contributed by atoms with Crippen LogP contribution in [0.5, 0.6) is 5.75 Å². The Labute approximate surface area is 101 Å². The molecule has 0 aromatic heterocycles. The number of aliphatic carboxylic acids is 1. The van der Waals surface area contributed by atoms with E-state index in [1.165, 1.54) is 0 Å². The molecule has 1 rings (SSSR count). The van der Waals surface area contributed by atoms with Gasteiger partial charge in [0.15, 0.2) is 0 Å². The molecule has 0 radical (unpaired) electrons. The molecular weight excluding hydrogens is 218 g/mol. The van der Waals surface area contributed by atoms with E-state index >= 15 is 0 Å². The molecule has 17 heavy (non-hydrogen) atoms. The number of carboxylic acid groups (broad SMARTS) is 1. The third-order valence-corrected chi connectivity index (χ3v) is 2.46. The summed E-state index contributed by atoms with van der Waals surface area (Å²) >= 11 is 0. The van der Waals surface area contributed by atoms with Crippen molar-refractivity contribution in [3.8, 4) is 5.75 Å². The minimum Gasteiger partial charge on any atom is -0.496 e. The van der Waals surface area contributed by atoms with Gasteiger partial charge in [-0.15, -0.1) is 0 Å². The zero-order valence-corrected chi connectivity index (χ0v) is 10.2. The molecule has 1 aromatic rings. The number of methoxy groups -OCH3 is 1. The molecule has 4 heteroatoms. The average Bonchev–Trinajstić information content (AvgIpc) is 2.30. The highest BCUT2D eigenvalue weighted by atomic mass is 16.5. The lowest BCUT2D eigenvalue weighted by atomic mass is 10.0. The van der Waals surface area contributed by atoms with Crippen molar-refractivity contribution in [2.75, 3.05) is 14.2 Å². The number of benzene rings is 1. The third kappa shape index (κ3) is 3.60. The summed E-state index contributed by atoms with van der Waals surface area (Å²) in [6, 6.07) is 5.63. The van der Waals surface area contributed by atoms with Gasteiger partial charge in [-0.2, -0.15) is 0 Å². The Morgan fingerprint density at radius 1 is 1.53 bits per heavy atom. The topological polar surface area (TPSA) is 58.6 Å². The van der Waals surface area contributed by atoms with Gasteiger partial charge in [-0.05, 0) is 20.0 Å². The summed E-state index contributed by atoms with van der Waals surface area (Å²) in [6.45, 7) is 1.98. The zero-order chi connectivity index (χ0) is 12.8. The highest BCUT2D eigenvalue weighted by Gasteiger charge is 2.12. The molecule has 0 bridgehead atoms. The quantitative estimate of drug-likeness (QED) is 0.765. The lowest BCUT2D eigenvalue weighted by molar-refractivity contribution is -0.131. The van der Waals surface area contributed by atoms with E-state index in [0.717, 1.165) is 23.0 Å². The molecule has 0 saturated carbocycles. The second-order valence-corrected chi connectivity index (χ2v) is 3.71. The first-order valence-corrected chi connectivity index (χ1v) is 5.31. The van der Waals surface area contributed by atoms with Gasteiger partial charge in [-0.3, -0.25) is 0 Å². The fourth-order valence-electron chi connectivity index (χ4n) is 1.63. The van der Waals surface area contributed by atoms with Gasteiger partial charge in [0.25, 0.3) is 0 Å². The maximum atomic E-state index is 10.5. The van der Waals surface area contributed by atoms with Crippen molar-refractivity contribution in [2.24, 2.45) is 0 Å². The van der Waals surface area contributed by atoms with Gasteiger partial charge in [0.2, 0.25) is 0 Å². The van der Waals surface area contributed by atoms with Crippen molar-refractivity contribution in [1.29, 1.82) is 0 Å². The van der Waals surface area contributed by atoms with Crippen LogP contribution in [-0.2, 0) is 4.79 Å². The Balaban J connectivity index is 3.09. The molecule has 0 heterocycles. The molecule has 92 valence electrons. The van der Waals surface area contributed by atoms with E-state index in [1.54, 1.807) is 20.2 Å². The maximum absolute atomic E-state index is 10.5. The van der Waals surface area contributed by atoms with E-state index in [2.05, 4.69) is 5.32 Å². The number of hydrogen-bond acceptors (Lipinski definition) is 3. The standard InChI is InChI=1S/C13H17NO3/c1-9-4-6-12(17-3)10(8-9)11(14-2)5-7-13(15)16/h4-8,11,14H,1-3H3,(H,15,16)/b7-5+. The Morgan fingerprint density at radius 3 is 2.76 bits per heavy atom. The van der Waals surface area contributed by atoms with Gasteiger partial charge in [-0.25, -0.2) is 4.79 Å². The van der Waals surface area contributed by atoms with Gasteiger partial charge in [0.1, 0.15) is 5.75 Å². The second kappa shape index (κ2) is 6.06. The predicted octanol–water partition coefficient (Wildman–Crippen LogP) is 1.90. The molecule has 1 unspecified atom stereocenters. The number of ether oxygens (including phenoxy) is 1. The summed E-state index contributed by atoms with van der Waals surface area (Å²) in [4.78, 5) is 10.5. The summed E-state index contributed by atoms with van der Waals surface area (Å²) in [7, 11) is 3.38. The number of carbonyl (C=O) groups is 1. The summed E-state index contributed by atoms with van der Waals surface area (Å²) in [5, 5.41) is 11.7. The van der Waals surface area contributed by atoms with E-state index in [9.17, 15) is 4.79 Å². The molecule has 0 spiro atoms. The second-order valence-electron chi connectivity index (χ2n) is 3.71. The number of hydrogen-bond donors (Lipinski definition) is 2. The van der Waals surface area contributed by atoms with Crippen LogP contribution in [0.2, 0.25) is 0 Å². The zero-order valence-electron chi connectivity index (χ0n) is 10.2. The normalized spacial score (nSPS) is 12.6. The van der Waals surface area contributed by atoms with Gasteiger partial charge >= 0.3 is 5.97 Å². The first kappa shape index (κ1) is 13.3. The Bertz CT molecular complexity index is 427. The van der Waals surface area contributed by atoms with E-state index < -0.39 is 5.97 Å². The van der Waals surface area contributed by atoms with Crippen LogP contribution >= 0.6 is 0 Å². The molecule has 0 fully saturated rings. The lowest BCUT2D eigenvalue weighted by Gasteiger charge is -2.16. The molecule has 2 N–H and O–H groups in total. The van der Waals surface area contributed by atoms with Gasteiger partial charge in [-0.1, -0.05) is 23.8 Å². The first-order chi connectivity index (χ1) is 8.08. The van der Waals surface area contributed by atoms with Crippen molar-refractivity contribution < 1.29 is 14.6 Å². The molecular formula is C13H17NO3. The van der Waals surface area contributed by atoms with Gasteiger partial charge < -0.3 is 15.2 Å². The number of likely N-dealkylation sites (N-methyl/N-ethyl adjacent to an activating group) is 1. The monoisotopic (exact) mass is 235 g/mol. The molecule has 0 amide bonds. The lowest BCUT2D eigenvalue weighted by Crippen LogP contribution is -2.15. The molecule has 1 atom stereocenters. The maximum Gasteiger partial charge on any atom is 0.328 e. The largest absolute Gasteiger partial charge is 0.496 e. The van der Waals surface area contributed by atoms with Crippen LogP contribution in [0.25, 0.3) is 0 Å². The van der Waals surface area contributed by atoms with Crippen molar-refractivity contribution in [2.45, 2.75) is 13.0 Å². The summed E-state index contributed by atoms with van der Waals surface area (Å²) in [5.41, 5.74) is 2.03. The van der Waals surface area contributed by atoms with E-state index in [0.29, 0.717) is 0 Å². The van der Waals surface area contributed by atoms with Crippen molar-refractivity contribution in [3.63, 3.8) is 0 Å². The number of carboxylic acids is 1. The number of rotatable bonds is 5. The summed E-state index contributed by atoms with van der Waals surface area (Å²) in [5.74, 6) is -0.221.